The van der Waals surface area contributed by atoms with Crippen molar-refractivity contribution in [1.82, 2.24) is 14.9 Å². The average molecular weight is 328 g/mol. The fraction of sp³-hybridized carbons (Fsp3) is 0.250. The smallest absolute Gasteiger partial charge is 0.331 e. The van der Waals surface area contributed by atoms with Gasteiger partial charge in [0.25, 0.3) is 0 Å². The topological polar surface area (TPSA) is 110 Å². The van der Waals surface area contributed by atoms with E-state index in [9.17, 15) is 14.7 Å². The number of hydrogen-bond acceptors (Lipinski definition) is 5. The highest BCUT2D eigenvalue weighted by Gasteiger charge is 2.30. The molecule has 0 saturated heterocycles. The maximum absolute atomic E-state index is 12.2. The molecule has 0 fully saturated rings. The van der Waals surface area contributed by atoms with Crippen molar-refractivity contribution in [3.63, 3.8) is 0 Å². The molecule has 0 radical (unpaired) electrons. The number of aromatic nitrogens is 3. The lowest BCUT2D eigenvalue weighted by Crippen LogP contribution is -2.35. The average Bonchev–Trinajstić information content (AvgIpc) is 3.15. The molecular weight excluding hydrogens is 312 g/mol. The fourth-order valence-corrected chi connectivity index (χ4v) is 2.21. The second kappa shape index (κ2) is 5.80. The number of amides is 1. The number of carbonyl (C=O) groups excluding carboxylic acids is 1. The zero-order chi connectivity index (χ0) is 17.3. The first-order chi connectivity index (χ1) is 11.4. The van der Waals surface area contributed by atoms with E-state index in [1.807, 2.05) is 18.2 Å². The van der Waals surface area contributed by atoms with Crippen LogP contribution >= 0.6 is 0 Å². The SMILES string of the molecule is CC(C)(C(=O)O)n1cc(NC(=O)Cc2noc3ccccc23)cn1. The van der Waals surface area contributed by atoms with E-state index in [2.05, 4.69) is 15.6 Å². The second-order valence-electron chi connectivity index (χ2n) is 5.89. The summed E-state index contributed by atoms with van der Waals surface area (Å²) in [6, 6.07) is 7.29. The van der Waals surface area contributed by atoms with E-state index >= 15 is 0 Å². The summed E-state index contributed by atoms with van der Waals surface area (Å²) >= 11 is 0. The monoisotopic (exact) mass is 328 g/mol. The van der Waals surface area contributed by atoms with Gasteiger partial charge in [-0.1, -0.05) is 17.3 Å². The van der Waals surface area contributed by atoms with E-state index in [-0.39, 0.29) is 12.3 Å². The Bertz CT molecular complexity index is 910. The minimum atomic E-state index is -1.20. The molecule has 24 heavy (non-hydrogen) atoms. The van der Waals surface area contributed by atoms with Crippen LogP contribution in [0.3, 0.4) is 0 Å². The van der Waals surface area contributed by atoms with Gasteiger partial charge < -0.3 is 14.9 Å². The van der Waals surface area contributed by atoms with Crippen LogP contribution in [0.25, 0.3) is 11.0 Å². The van der Waals surface area contributed by atoms with E-state index in [0.29, 0.717) is 17.0 Å². The van der Waals surface area contributed by atoms with Gasteiger partial charge in [0.15, 0.2) is 11.1 Å². The number of hydrogen-bond donors (Lipinski definition) is 2. The van der Waals surface area contributed by atoms with Crippen molar-refractivity contribution in [1.29, 1.82) is 0 Å². The number of rotatable bonds is 5. The Balaban J connectivity index is 1.72. The van der Waals surface area contributed by atoms with Crippen LogP contribution in [0.5, 0.6) is 0 Å². The van der Waals surface area contributed by atoms with Crippen molar-refractivity contribution in [2.45, 2.75) is 25.8 Å². The predicted octanol–water partition coefficient (Wildman–Crippen LogP) is 2.03. The number of nitrogens with one attached hydrogen (secondary N) is 1. The molecule has 0 spiro atoms. The molecular formula is C16H16N4O4. The van der Waals surface area contributed by atoms with Crippen molar-refractivity contribution >= 4 is 28.5 Å². The van der Waals surface area contributed by atoms with Crippen LogP contribution in [-0.2, 0) is 21.5 Å². The van der Waals surface area contributed by atoms with Crippen LogP contribution in [0.1, 0.15) is 19.5 Å². The molecule has 2 heterocycles. The summed E-state index contributed by atoms with van der Waals surface area (Å²) in [7, 11) is 0. The number of benzene rings is 1. The normalized spacial score (nSPS) is 11.6. The van der Waals surface area contributed by atoms with E-state index in [1.54, 1.807) is 6.07 Å². The Morgan fingerprint density at radius 1 is 1.33 bits per heavy atom. The number of nitrogens with zero attached hydrogens (tertiary/aromatic N) is 3. The van der Waals surface area contributed by atoms with Gasteiger partial charge in [0.2, 0.25) is 5.91 Å². The molecule has 0 atom stereocenters. The van der Waals surface area contributed by atoms with Crippen molar-refractivity contribution < 1.29 is 19.2 Å². The molecule has 2 N–H and O–H groups in total. The van der Waals surface area contributed by atoms with Gasteiger partial charge in [-0.3, -0.25) is 9.48 Å². The highest BCUT2D eigenvalue weighted by atomic mass is 16.5. The predicted molar refractivity (Wildman–Crippen MR) is 85.5 cm³/mol. The second-order valence-corrected chi connectivity index (χ2v) is 5.89. The maximum Gasteiger partial charge on any atom is 0.331 e. The molecule has 8 heteroatoms. The number of aliphatic carboxylic acids is 1. The van der Waals surface area contributed by atoms with Crippen LogP contribution in [0.2, 0.25) is 0 Å². The van der Waals surface area contributed by atoms with Crippen molar-refractivity contribution in [3.05, 3.63) is 42.4 Å². The molecule has 0 aliphatic carbocycles. The van der Waals surface area contributed by atoms with E-state index < -0.39 is 11.5 Å². The minimum absolute atomic E-state index is 0.0461. The number of carbonyl (C=O) groups is 2. The van der Waals surface area contributed by atoms with E-state index in [4.69, 9.17) is 4.52 Å². The van der Waals surface area contributed by atoms with E-state index in [1.165, 1.54) is 30.9 Å². The highest BCUT2D eigenvalue weighted by Crippen LogP contribution is 2.20. The molecule has 2 aromatic heterocycles. The Morgan fingerprint density at radius 3 is 2.83 bits per heavy atom. The van der Waals surface area contributed by atoms with Gasteiger partial charge in [-0.25, -0.2) is 4.79 Å². The Hall–Kier alpha value is -3.16. The van der Waals surface area contributed by atoms with Crippen LogP contribution in [0.15, 0.2) is 41.2 Å². The zero-order valence-corrected chi connectivity index (χ0v) is 13.2. The molecule has 124 valence electrons. The summed E-state index contributed by atoms with van der Waals surface area (Å²) in [5.74, 6) is -1.31. The third kappa shape index (κ3) is 2.85. The first-order valence-corrected chi connectivity index (χ1v) is 7.29. The van der Waals surface area contributed by atoms with Gasteiger partial charge in [0.1, 0.15) is 5.69 Å². The van der Waals surface area contributed by atoms with Gasteiger partial charge in [0, 0.05) is 11.6 Å². The first-order valence-electron chi connectivity index (χ1n) is 7.29. The molecule has 3 aromatic rings. The molecule has 1 amide bonds. The minimum Gasteiger partial charge on any atom is -0.479 e. The highest BCUT2D eigenvalue weighted by molar-refractivity contribution is 5.94. The maximum atomic E-state index is 12.2. The van der Waals surface area contributed by atoms with E-state index in [0.717, 1.165) is 5.39 Å². The summed E-state index contributed by atoms with van der Waals surface area (Å²) < 4.78 is 6.45. The fourth-order valence-electron chi connectivity index (χ4n) is 2.21. The summed E-state index contributed by atoms with van der Waals surface area (Å²) in [6.45, 7) is 3.05. The molecule has 3 rings (SSSR count). The number of anilines is 1. The summed E-state index contributed by atoms with van der Waals surface area (Å²) in [5, 5.41) is 20.6. The molecule has 1 aromatic carbocycles. The lowest BCUT2D eigenvalue weighted by molar-refractivity contribution is -0.146. The Morgan fingerprint density at radius 2 is 2.08 bits per heavy atom. The lowest BCUT2D eigenvalue weighted by atomic mass is 10.1. The van der Waals surface area contributed by atoms with Gasteiger partial charge >= 0.3 is 5.97 Å². The Kier molecular flexibility index (Phi) is 3.80. The molecule has 0 aliphatic rings. The van der Waals surface area contributed by atoms with Crippen molar-refractivity contribution in [2.75, 3.05) is 5.32 Å². The summed E-state index contributed by atoms with van der Waals surface area (Å²) in [5.41, 5.74) is 0.380. The molecule has 0 aliphatic heterocycles. The number of fused-ring (bicyclic) bond motifs is 1. The van der Waals surface area contributed by atoms with Crippen LogP contribution in [-0.4, -0.2) is 31.9 Å². The van der Waals surface area contributed by atoms with Crippen LogP contribution < -0.4 is 5.32 Å². The largest absolute Gasteiger partial charge is 0.479 e. The summed E-state index contributed by atoms with van der Waals surface area (Å²) in [4.78, 5) is 23.4. The van der Waals surface area contributed by atoms with Crippen LogP contribution in [0.4, 0.5) is 5.69 Å². The number of carboxylic acid groups (broad SMARTS) is 1. The molecule has 0 saturated carbocycles. The van der Waals surface area contributed by atoms with Gasteiger partial charge in [-0.15, -0.1) is 0 Å². The van der Waals surface area contributed by atoms with Crippen LogP contribution in [0, 0.1) is 0 Å². The Labute approximate surface area is 137 Å². The lowest BCUT2D eigenvalue weighted by Gasteiger charge is -2.19. The third-order valence-corrected chi connectivity index (χ3v) is 3.74. The standard InChI is InChI=1S/C16H16N4O4/c1-16(2,15(22)23)20-9-10(8-17-20)18-14(21)7-12-11-5-3-4-6-13(11)24-19-12/h3-6,8-9H,7H2,1-2H3,(H,18,21)(H,22,23). The zero-order valence-electron chi connectivity index (χ0n) is 13.2. The molecule has 0 bridgehead atoms. The quantitative estimate of drug-likeness (QED) is 0.741. The number of carboxylic acids is 1. The first kappa shape index (κ1) is 15.7. The van der Waals surface area contributed by atoms with Gasteiger partial charge in [0.05, 0.1) is 18.3 Å². The molecule has 0 unspecified atom stereocenters. The third-order valence-electron chi connectivity index (χ3n) is 3.74. The number of para-hydroxylation sites is 1. The van der Waals surface area contributed by atoms with Crippen molar-refractivity contribution in [3.8, 4) is 0 Å². The summed E-state index contributed by atoms with van der Waals surface area (Å²) in [6.07, 6.45) is 2.93. The van der Waals surface area contributed by atoms with Gasteiger partial charge in [-0.2, -0.15) is 5.10 Å². The van der Waals surface area contributed by atoms with Crippen molar-refractivity contribution in [2.24, 2.45) is 0 Å². The van der Waals surface area contributed by atoms with Gasteiger partial charge in [-0.05, 0) is 26.0 Å². The molecule has 8 nitrogen and oxygen atoms in total.